The molecule has 30 heavy (non-hydrogen) atoms. The van der Waals surface area contributed by atoms with Crippen molar-refractivity contribution in [3.63, 3.8) is 0 Å². The van der Waals surface area contributed by atoms with E-state index in [1.54, 1.807) is 0 Å². The van der Waals surface area contributed by atoms with Crippen LogP contribution in [0.4, 0.5) is 0 Å². The van der Waals surface area contributed by atoms with Crippen molar-refractivity contribution in [3.8, 4) is 5.75 Å². The van der Waals surface area contributed by atoms with Crippen LogP contribution in [0.2, 0.25) is 0 Å². The lowest BCUT2D eigenvalue weighted by molar-refractivity contribution is 0.0626. The lowest BCUT2D eigenvalue weighted by Crippen LogP contribution is -2.10. The van der Waals surface area contributed by atoms with E-state index in [4.69, 9.17) is 9.47 Å². The van der Waals surface area contributed by atoms with E-state index in [9.17, 15) is 4.79 Å². The summed E-state index contributed by atoms with van der Waals surface area (Å²) in [5, 5.41) is 0. The zero-order chi connectivity index (χ0) is 21.6. The van der Waals surface area contributed by atoms with Gasteiger partial charge >= 0.3 is 5.97 Å². The fourth-order valence-corrected chi connectivity index (χ4v) is 3.46. The molecule has 0 heterocycles. The maximum Gasteiger partial charge on any atom is 0.343 e. The van der Waals surface area contributed by atoms with Gasteiger partial charge < -0.3 is 9.47 Å². The topological polar surface area (TPSA) is 35.5 Å². The number of aryl methyl sites for hydroxylation is 1. The largest absolute Gasteiger partial charge is 0.423 e. The molecule has 3 heteroatoms. The maximum atomic E-state index is 12.6. The third kappa shape index (κ3) is 8.31. The first-order chi connectivity index (χ1) is 14.7. The van der Waals surface area contributed by atoms with E-state index < -0.39 is 0 Å². The first kappa shape index (κ1) is 24.1. The van der Waals surface area contributed by atoms with Crippen molar-refractivity contribution < 1.29 is 14.3 Å². The van der Waals surface area contributed by atoms with E-state index in [1.165, 1.54) is 32.1 Å². The van der Waals surface area contributed by atoms with Crippen LogP contribution in [0.3, 0.4) is 0 Å². The maximum absolute atomic E-state index is 12.6. The van der Waals surface area contributed by atoms with Crippen LogP contribution in [0.15, 0.2) is 48.5 Å². The Hall–Kier alpha value is -2.13. The van der Waals surface area contributed by atoms with Crippen LogP contribution in [-0.2, 0) is 11.2 Å². The number of ether oxygens (including phenoxy) is 2. The quantitative estimate of drug-likeness (QED) is 0.182. The van der Waals surface area contributed by atoms with Crippen molar-refractivity contribution in [2.75, 3.05) is 6.61 Å². The van der Waals surface area contributed by atoms with E-state index in [0.717, 1.165) is 43.4 Å². The molecule has 0 radical (unpaired) electrons. The molecule has 2 rings (SSSR count). The Balaban J connectivity index is 1.83. The monoisotopic (exact) mass is 410 g/mol. The molecule has 3 nitrogen and oxygen atoms in total. The van der Waals surface area contributed by atoms with Gasteiger partial charge in [-0.15, -0.1) is 0 Å². The highest BCUT2D eigenvalue weighted by molar-refractivity contribution is 5.91. The fraction of sp³-hybridized carbons (Fsp3) is 0.519. The molecular weight excluding hydrogens is 372 g/mol. The Morgan fingerprint density at radius 3 is 2.23 bits per heavy atom. The second-order valence-electron chi connectivity index (χ2n) is 8.00. The molecule has 2 aromatic carbocycles. The van der Waals surface area contributed by atoms with Crippen molar-refractivity contribution in [1.82, 2.24) is 0 Å². The van der Waals surface area contributed by atoms with Gasteiger partial charge in [-0.25, -0.2) is 4.79 Å². The van der Waals surface area contributed by atoms with Crippen LogP contribution in [0.5, 0.6) is 5.75 Å². The minimum Gasteiger partial charge on any atom is -0.423 e. The second kappa shape index (κ2) is 14.0. The Labute approximate surface area is 182 Å². The van der Waals surface area contributed by atoms with Crippen molar-refractivity contribution in [1.29, 1.82) is 0 Å². The van der Waals surface area contributed by atoms with Gasteiger partial charge in [0.25, 0.3) is 0 Å². The molecule has 0 aromatic heterocycles. The molecule has 2 aromatic rings. The van der Waals surface area contributed by atoms with Crippen molar-refractivity contribution >= 4 is 5.97 Å². The summed E-state index contributed by atoms with van der Waals surface area (Å²) >= 11 is 0. The predicted octanol–water partition coefficient (Wildman–Crippen LogP) is 7.69. The highest BCUT2D eigenvalue weighted by Gasteiger charge is 2.13. The van der Waals surface area contributed by atoms with E-state index >= 15 is 0 Å². The average molecular weight is 411 g/mol. The van der Waals surface area contributed by atoms with E-state index in [1.807, 2.05) is 48.5 Å². The van der Waals surface area contributed by atoms with Crippen LogP contribution in [0, 0.1) is 0 Å². The van der Waals surface area contributed by atoms with Crippen molar-refractivity contribution in [2.45, 2.75) is 84.7 Å². The Morgan fingerprint density at radius 1 is 0.833 bits per heavy atom. The van der Waals surface area contributed by atoms with Gasteiger partial charge in [0.05, 0.1) is 11.7 Å². The third-order valence-electron chi connectivity index (χ3n) is 5.46. The average Bonchev–Trinajstić information content (AvgIpc) is 2.77. The van der Waals surface area contributed by atoms with Gasteiger partial charge in [-0.1, -0.05) is 82.7 Å². The standard InChI is InChI=1S/C27H38O3/c1-4-6-8-9-10-13-21-29-22(3)23-17-19-25(20-18-23)27(28)30-26-16-12-11-15-24(26)14-7-5-2/h11-12,15-20,22H,4-10,13-14,21H2,1-3H3. The molecule has 0 aliphatic heterocycles. The number of esters is 1. The zero-order valence-electron chi connectivity index (χ0n) is 19.0. The molecule has 1 unspecified atom stereocenters. The first-order valence-corrected chi connectivity index (χ1v) is 11.7. The smallest absolute Gasteiger partial charge is 0.343 e. The van der Waals surface area contributed by atoms with Gasteiger partial charge in [-0.05, 0) is 55.5 Å². The molecule has 0 amide bonds. The van der Waals surface area contributed by atoms with Gasteiger partial charge in [0.2, 0.25) is 0 Å². The summed E-state index contributed by atoms with van der Waals surface area (Å²) < 4.78 is 11.6. The van der Waals surface area contributed by atoms with Crippen LogP contribution in [0.1, 0.15) is 99.7 Å². The lowest BCUT2D eigenvalue weighted by Gasteiger charge is -2.14. The molecule has 0 bridgehead atoms. The number of hydrogen-bond donors (Lipinski definition) is 0. The Kier molecular flexibility index (Phi) is 11.2. The number of unbranched alkanes of at least 4 members (excludes halogenated alkanes) is 6. The van der Waals surface area contributed by atoms with Crippen LogP contribution in [0.25, 0.3) is 0 Å². The lowest BCUT2D eigenvalue weighted by atomic mass is 10.1. The van der Waals surface area contributed by atoms with Gasteiger partial charge in [0.1, 0.15) is 5.75 Å². The second-order valence-corrected chi connectivity index (χ2v) is 8.00. The number of benzene rings is 2. The molecular formula is C27H38O3. The minimum atomic E-state index is -0.314. The molecule has 0 fully saturated rings. The Bertz CT molecular complexity index is 736. The summed E-state index contributed by atoms with van der Waals surface area (Å²) in [4.78, 5) is 12.6. The van der Waals surface area contributed by atoms with E-state index in [-0.39, 0.29) is 12.1 Å². The molecule has 1 atom stereocenters. The van der Waals surface area contributed by atoms with Crippen LogP contribution >= 0.6 is 0 Å². The molecule has 0 saturated heterocycles. The summed E-state index contributed by atoms with van der Waals surface area (Å²) in [6.07, 6.45) is 10.7. The molecule has 0 N–H and O–H groups in total. The molecule has 0 spiro atoms. The van der Waals surface area contributed by atoms with Crippen LogP contribution in [-0.4, -0.2) is 12.6 Å². The van der Waals surface area contributed by atoms with Crippen LogP contribution < -0.4 is 4.74 Å². The summed E-state index contributed by atoms with van der Waals surface area (Å²) in [7, 11) is 0. The van der Waals surface area contributed by atoms with E-state index in [0.29, 0.717) is 11.3 Å². The van der Waals surface area contributed by atoms with Gasteiger partial charge in [0, 0.05) is 6.61 Å². The first-order valence-electron chi connectivity index (χ1n) is 11.7. The summed E-state index contributed by atoms with van der Waals surface area (Å²) in [5.74, 6) is 0.349. The number of para-hydroxylation sites is 1. The number of rotatable bonds is 14. The van der Waals surface area contributed by atoms with Gasteiger partial charge in [-0.3, -0.25) is 0 Å². The number of carbonyl (C=O) groups is 1. The van der Waals surface area contributed by atoms with Gasteiger partial charge in [-0.2, -0.15) is 0 Å². The SMILES string of the molecule is CCCCCCCCOC(C)c1ccc(C(=O)Oc2ccccc2CCCC)cc1. The van der Waals surface area contributed by atoms with E-state index in [2.05, 4.69) is 20.8 Å². The molecule has 0 saturated carbocycles. The highest BCUT2D eigenvalue weighted by atomic mass is 16.5. The summed E-state index contributed by atoms with van der Waals surface area (Å²) in [5.41, 5.74) is 2.73. The predicted molar refractivity (Wildman–Crippen MR) is 124 cm³/mol. The zero-order valence-corrected chi connectivity index (χ0v) is 19.0. The third-order valence-corrected chi connectivity index (χ3v) is 5.46. The van der Waals surface area contributed by atoms with Crippen molar-refractivity contribution in [2.24, 2.45) is 0 Å². The summed E-state index contributed by atoms with van der Waals surface area (Å²) in [6, 6.07) is 15.4. The number of hydrogen-bond acceptors (Lipinski definition) is 3. The summed E-state index contributed by atoms with van der Waals surface area (Å²) in [6.45, 7) is 7.25. The molecule has 0 aliphatic carbocycles. The minimum absolute atomic E-state index is 0.0282. The molecule has 0 aliphatic rings. The van der Waals surface area contributed by atoms with Gasteiger partial charge in [0.15, 0.2) is 0 Å². The van der Waals surface area contributed by atoms with Crippen molar-refractivity contribution in [3.05, 3.63) is 65.2 Å². The highest BCUT2D eigenvalue weighted by Crippen LogP contribution is 2.23. The number of carbonyl (C=O) groups excluding carboxylic acids is 1. The normalized spacial score (nSPS) is 12.0. The Morgan fingerprint density at radius 2 is 1.50 bits per heavy atom. The molecule has 164 valence electrons. The fourth-order valence-electron chi connectivity index (χ4n) is 3.46.